The number of sulfonamides is 1. The SMILES string of the molecule is CC(C)(C)c1ccc(S(=O)(=O)Nc2cnc3[nH]c(C(=O)O)c(-c4ccoc4)c3c2)cc1. The van der Waals surface area contributed by atoms with Crippen molar-refractivity contribution in [2.24, 2.45) is 0 Å². The maximum atomic E-state index is 12.9. The van der Waals surface area contributed by atoms with Crippen LogP contribution in [0.2, 0.25) is 0 Å². The number of carboxylic acid groups (broad SMARTS) is 1. The van der Waals surface area contributed by atoms with Gasteiger partial charge in [0.25, 0.3) is 10.0 Å². The maximum absolute atomic E-state index is 12.9. The Bertz CT molecular complexity index is 1360. The Balaban J connectivity index is 1.73. The minimum atomic E-state index is -3.86. The van der Waals surface area contributed by atoms with Gasteiger partial charge in [0.2, 0.25) is 0 Å². The fourth-order valence-electron chi connectivity index (χ4n) is 3.34. The van der Waals surface area contributed by atoms with E-state index in [0.29, 0.717) is 22.2 Å². The normalized spacial score (nSPS) is 12.2. The Morgan fingerprint density at radius 1 is 1.16 bits per heavy atom. The highest BCUT2D eigenvalue weighted by molar-refractivity contribution is 7.92. The van der Waals surface area contributed by atoms with Gasteiger partial charge < -0.3 is 14.5 Å². The number of hydrogen-bond donors (Lipinski definition) is 3. The Labute approximate surface area is 179 Å². The summed E-state index contributed by atoms with van der Waals surface area (Å²) in [5.74, 6) is -1.16. The maximum Gasteiger partial charge on any atom is 0.353 e. The number of hydrogen-bond acceptors (Lipinski definition) is 5. The molecule has 3 heterocycles. The van der Waals surface area contributed by atoms with Gasteiger partial charge in [-0.2, -0.15) is 0 Å². The summed E-state index contributed by atoms with van der Waals surface area (Å²) in [4.78, 5) is 18.8. The molecule has 0 unspecified atom stereocenters. The number of rotatable bonds is 5. The molecule has 8 nitrogen and oxygen atoms in total. The lowest BCUT2D eigenvalue weighted by Crippen LogP contribution is -2.15. The van der Waals surface area contributed by atoms with Crippen LogP contribution in [0.25, 0.3) is 22.2 Å². The number of H-pyrrole nitrogens is 1. The largest absolute Gasteiger partial charge is 0.477 e. The van der Waals surface area contributed by atoms with Crippen LogP contribution in [-0.2, 0) is 15.4 Å². The van der Waals surface area contributed by atoms with Gasteiger partial charge in [0, 0.05) is 16.5 Å². The van der Waals surface area contributed by atoms with Crippen molar-refractivity contribution in [3.05, 3.63) is 66.4 Å². The van der Waals surface area contributed by atoms with Crippen LogP contribution in [0.4, 0.5) is 5.69 Å². The molecule has 0 saturated heterocycles. The predicted molar refractivity (Wildman–Crippen MR) is 117 cm³/mol. The summed E-state index contributed by atoms with van der Waals surface area (Å²) in [6.07, 6.45) is 4.19. The number of pyridine rings is 1. The number of aromatic carboxylic acids is 1. The van der Waals surface area contributed by atoms with E-state index in [1.165, 1.54) is 18.7 Å². The molecule has 31 heavy (non-hydrogen) atoms. The number of anilines is 1. The second-order valence-corrected chi connectivity index (χ2v) is 9.87. The van der Waals surface area contributed by atoms with Crippen LogP contribution in [0.5, 0.6) is 0 Å². The number of furan rings is 1. The van der Waals surface area contributed by atoms with Gasteiger partial charge in [0.05, 0.1) is 29.3 Å². The Morgan fingerprint density at radius 3 is 2.45 bits per heavy atom. The second kappa shape index (κ2) is 7.28. The fraction of sp³-hybridized carbons (Fsp3) is 0.182. The molecule has 0 atom stereocenters. The minimum Gasteiger partial charge on any atom is -0.477 e. The van der Waals surface area contributed by atoms with E-state index in [2.05, 4.69) is 35.5 Å². The fourth-order valence-corrected chi connectivity index (χ4v) is 4.38. The van der Waals surface area contributed by atoms with Gasteiger partial charge in [0.1, 0.15) is 11.3 Å². The zero-order chi connectivity index (χ0) is 22.4. The van der Waals surface area contributed by atoms with Crippen LogP contribution in [0.1, 0.15) is 36.8 Å². The Hall–Kier alpha value is -3.59. The average molecular weight is 439 g/mol. The molecule has 0 saturated carbocycles. The summed E-state index contributed by atoms with van der Waals surface area (Å²) in [5.41, 5.74) is 2.33. The molecular weight excluding hydrogens is 418 g/mol. The van der Waals surface area contributed by atoms with Gasteiger partial charge in [-0.05, 0) is 35.2 Å². The number of benzene rings is 1. The lowest BCUT2D eigenvalue weighted by Gasteiger charge is -2.19. The molecule has 0 amide bonds. The molecule has 0 bridgehead atoms. The van der Waals surface area contributed by atoms with E-state index >= 15 is 0 Å². The van der Waals surface area contributed by atoms with Crippen LogP contribution in [0.15, 0.2) is 64.4 Å². The number of fused-ring (bicyclic) bond motifs is 1. The second-order valence-electron chi connectivity index (χ2n) is 8.19. The third-order valence-electron chi connectivity index (χ3n) is 4.96. The molecule has 9 heteroatoms. The highest BCUT2D eigenvalue weighted by Gasteiger charge is 2.22. The molecule has 0 radical (unpaired) electrons. The Morgan fingerprint density at radius 2 is 1.87 bits per heavy atom. The first-order valence-corrected chi connectivity index (χ1v) is 11.0. The molecule has 0 aliphatic carbocycles. The number of aromatic amines is 1. The monoisotopic (exact) mass is 439 g/mol. The smallest absolute Gasteiger partial charge is 0.353 e. The first-order chi connectivity index (χ1) is 14.6. The van der Waals surface area contributed by atoms with Crippen molar-refractivity contribution in [2.45, 2.75) is 31.1 Å². The van der Waals surface area contributed by atoms with Crippen LogP contribution in [0, 0.1) is 0 Å². The third kappa shape index (κ3) is 3.91. The highest BCUT2D eigenvalue weighted by Crippen LogP contribution is 2.34. The van der Waals surface area contributed by atoms with Crippen LogP contribution >= 0.6 is 0 Å². The summed E-state index contributed by atoms with van der Waals surface area (Å²) in [6, 6.07) is 9.88. The topological polar surface area (TPSA) is 125 Å². The van der Waals surface area contributed by atoms with E-state index in [4.69, 9.17) is 4.42 Å². The van der Waals surface area contributed by atoms with E-state index in [9.17, 15) is 18.3 Å². The molecule has 4 rings (SSSR count). The molecule has 4 aromatic rings. The van der Waals surface area contributed by atoms with Crippen molar-refractivity contribution in [3.63, 3.8) is 0 Å². The van der Waals surface area contributed by atoms with Gasteiger partial charge >= 0.3 is 5.97 Å². The standard InChI is InChI=1S/C22H21N3O5S/c1-22(2,3)14-4-6-16(7-5-14)31(28,29)25-15-10-17-18(13-8-9-30-12-13)19(21(26)27)24-20(17)23-11-15/h4-12,25H,1-3H3,(H,23,24)(H,26,27). The van der Waals surface area contributed by atoms with E-state index in [0.717, 1.165) is 5.56 Å². The number of carboxylic acids is 1. The lowest BCUT2D eigenvalue weighted by atomic mass is 9.87. The van der Waals surface area contributed by atoms with Gasteiger partial charge in [0.15, 0.2) is 0 Å². The minimum absolute atomic E-state index is 0.0540. The van der Waals surface area contributed by atoms with Crippen LogP contribution in [0.3, 0.4) is 0 Å². The molecule has 0 aliphatic heterocycles. The number of nitrogens with zero attached hydrogens (tertiary/aromatic N) is 1. The number of nitrogens with one attached hydrogen (secondary N) is 2. The molecule has 0 spiro atoms. The van der Waals surface area contributed by atoms with Crippen LogP contribution < -0.4 is 4.72 Å². The van der Waals surface area contributed by atoms with Crippen molar-refractivity contribution in [3.8, 4) is 11.1 Å². The third-order valence-corrected chi connectivity index (χ3v) is 6.35. The van der Waals surface area contributed by atoms with Crippen molar-refractivity contribution in [1.29, 1.82) is 0 Å². The van der Waals surface area contributed by atoms with E-state index in [1.807, 2.05) is 0 Å². The van der Waals surface area contributed by atoms with Crippen molar-refractivity contribution in [2.75, 3.05) is 4.72 Å². The zero-order valence-corrected chi connectivity index (χ0v) is 17.9. The molecule has 3 N–H and O–H groups in total. The van der Waals surface area contributed by atoms with E-state index in [-0.39, 0.29) is 21.7 Å². The van der Waals surface area contributed by atoms with E-state index in [1.54, 1.807) is 36.4 Å². The number of aromatic nitrogens is 2. The van der Waals surface area contributed by atoms with E-state index < -0.39 is 16.0 Å². The molecule has 1 aromatic carbocycles. The molecule has 3 aromatic heterocycles. The van der Waals surface area contributed by atoms with Gasteiger partial charge in [-0.25, -0.2) is 18.2 Å². The highest BCUT2D eigenvalue weighted by atomic mass is 32.2. The average Bonchev–Trinajstić information content (AvgIpc) is 3.34. The summed E-state index contributed by atoms with van der Waals surface area (Å²) in [5, 5.41) is 10.0. The zero-order valence-electron chi connectivity index (χ0n) is 17.1. The van der Waals surface area contributed by atoms with Crippen molar-refractivity contribution >= 4 is 32.7 Å². The molecular formula is C22H21N3O5S. The first kappa shape index (κ1) is 20.7. The molecule has 0 aliphatic rings. The van der Waals surface area contributed by atoms with Crippen LogP contribution in [-0.4, -0.2) is 29.5 Å². The van der Waals surface area contributed by atoms with Crippen molar-refractivity contribution < 1.29 is 22.7 Å². The van der Waals surface area contributed by atoms with Gasteiger partial charge in [-0.3, -0.25) is 4.72 Å². The lowest BCUT2D eigenvalue weighted by molar-refractivity contribution is 0.0692. The summed E-state index contributed by atoms with van der Waals surface area (Å²) < 4.78 is 33.3. The van der Waals surface area contributed by atoms with Gasteiger partial charge in [-0.15, -0.1) is 0 Å². The molecule has 0 fully saturated rings. The first-order valence-electron chi connectivity index (χ1n) is 9.47. The Kier molecular flexibility index (Phi) is 4.85. The summed E-state index contributed by atoms with van der Waals surface area (Å²) >= 11 is 0. The number of carbonyl (C=O) groups is 1. The quantitative estimate of drug-likeness (QED) is 0.417. The van der Waals surface area contributed by atoms with Crippen molar-refractivity contribution in [1.82, 2.24) is 9.97 Å². The predicted octanol–water partition coefficient (Wildman–Crippen LogP) is 4.62. The van der Waals surface area contributed by atoms with Gasteiger partial charge in [-0.1, -0.05) is 32.9 Å². The summed E-state index contributed by atoms with van der Waals surface area (Å²) in [6.45, 7) is 6.15. The molecule has 160 valence electrons. The summed E-state index contributed by atoms with van der Waals surface area (Å²) in [7, 11) is -3.86.